The van der Waals surface area contributed by atoms with Crippen molar-refractivity contribution in [1.29, 1.82) is 0 Å². The zero-order valence-electron chi connectivity index (χ0n) is 11.6. The Labute approximate surface area is 104 Å². The number of amides is 1. The van der Waals surface area contributed by atoms with Gasteiger partial charge in [-0.25, -0.2) is 0 Å². The van der Waals surface area contributed by atoms with Crippen molar-refractivity contribution in [2.75, 3.05) is 13.6 Å². The fraction of sp³-hybridized carbons (Fsp3) is 0.846. The highest BCUT2D eigenvalue weighted by atomic mass is 16.4. The van der Waals surface area contributed by atoms with Crippen LogP contribution < -0.4 is 0 Å². The van der Waals surface area contributed by atoms with Crippen LogP contribution >= 0.6 is 0 Å². The summed E-state index contributed by atoms with van der Waals surface area (Å²) in [4.78, 5) is 24.5. The molecule has 0 aromatic carbocycles. The Bertz CT molecular complexity index is 261. The molecule has 1 amide bonds. The van der Waals surface area contributed by atoms with Crippen LogP contribution in [-0.4, -0.2) is 35.5 Å². The first-order chi connectivity index (χ1) is 7.77. The van der Waals surface area contributed by atoms with E-state index in [1.54, 1.807) is 25.8 Å². The molecule has 0 spiro atoms. The summed E-state index contributed by atoms with van der Waals surface area (Å²) in [5.41, 5.74) is 0. The Morgan fingerprint density at radius 2 is 1.71 bits per heavy atom. The minimum absolute atomic E-state index is 0.174. The summed E-state index contributed by atoms with van der Waals surface area (Å²) in [5, 5.41) is 9.03. The fourth-order valence-electron chi connectivity index (χ4n) is 1.76. The third-order valence-electron chi connectivity index (χ3n) is 2.85. The zero-order chi connectivity index (χ0) is 13.6. The lowest BCUT2D eigenvalue weighted by molar-refractivity contribution is -0.152. The predicted molar refractivity (Wildman–Crippen MR) is 67.7 cm³/mol. The van der Waals surface area contributed by atoms with Gasteiger partial charge in [0, 0.05) is 13.6 Å². The molecule has 0 fully saturated rings. The van der Waals surface area contributed by atoms with Gasteiger partial charge in [0.1, 0.15) is 5.92 Å². The molecule has 0 aliphatic heterocycles. The first-order valence-corrected chi connectivity index (χ1v) is 6.25. The molecule has 0 aromatic rings. The average molecular weight is 243 g/mol. The molecule has 0 aliphatic carbocycles. The van der Waals surface area contributed by atoms with E-state index in [4.69, 9.17) is 5.11 Å². The Hall–Kier alpha value is -1.06. The second kappa shape index (κ2) is 7.30. The number of rotatable bonds is 7. The minimum atomic E-state index is -1.03. The van der Waals surface area contributed by atoms with Gasteiger partial charge < -0.3 is 10.0 Å². The molecule has 4 heteroatoms. The monoisotopic (exact) mass is 243 g/mol. The molecular formula is C13H25NO3. The number of nitrogens with zero attached hydrogens (tertiary/aromatic N) is 1. The van der Waals surface area contributed by atoms with Crippen LogP contribution in [-0.2, 0) is 9.59 Å². The van der Waals surface area contributed by atoms with Crippen molar-refractivity contribution in [2.24, 2.45) is 17.8 Å². The molecule has 100 valence electrons. The summed E-state index contributed by atoms with van der Waals surface area (Å²) in [6.07, 6.45) is 1.97. The van der Waals surface area contributed by atoms with E-state index < -0.39 is 11.9 Å². The highest BCUT2D eigenvalue weighted by molar-refractivity contribution is 5.97. The number of carboxylic acids is 1. The van der Waals surface area contributed by atoms with Crippen molar-refractivity contribution >= 4 is 11.9 Å². The lowest BCUT2D eigenvalue weighted by Crippen LogP contribution is -2.40. The zero-order valence-corrected chi connectivity index (χ0v) is 11.6. The molecule has 0 heterocycles. The van der Waals surface area contributed by atoms with Gasteiger partial charge in [-0.15, -0.1) is 0 Å². The second-order valence-corrected chi connectivity index (χ2v) is 5.36. The van der Waals surface area contributed by atoms with E-state index in [0.717, 1.165) is 12.8 Å². The highest BCUT2D eigenvalue weighted by Crippen LogP contribution is 2.15. The lowest BCUT2D eigenvalue weighted by Gasteiger charge is -2.23. The number of carbonyl (C=O) groups excluding carboxylic acids is 1. The van der Waals surface area contributed by atoms with E-state index in [2.05, 4.69) is 13.8 Å². The molecule has 1 N–H and O–H groups in total. The van der Waals surface area contributed by atoms with Gasteiger partial charge in [0.05, 0.1) is 0 Å². The van der Waals surface area contributed by atoms with E-state index >= 15 is 0 Å². The topological polar surface area (TPSA) is 57.6 Å². The Morgan fingerprint density at radius 1 is 1.18 bits per heavy atom. The Kier molecular flexibility index (Phi) is 6.85. The van der Waals surface area contributed by atoms with Crippen LogP contribution in [0.3, 0.4) is 0 Å². The summed E-state index contributed by atoms with van der Waals surface area (Å²) in [6, 6.07) is 0. The van der Waals surface area contributed by atoms with E-state index in [0.29, 0.717) is 12.5 Å². The van der Waals surface area contributed by atoms with Gasteiger partial charge in [-0.1, -0.05) is 27.7 Å². The first-order valence-electron chi connectivity index (χ1n) is 6.25. The standard InChI is InChI=1S/C13H25NO3/c1-9(2)7-6-8-14(5)12(15)11(10(3)4)13(16)17/h9-11H,6-8H2,1-5H3,(H,16,17). The molecule has 0 bridgehead atoms. The van der Waals surface area contributed by atoms with Gasteiger partial charge in [-0.05, 0) is 24.7 Å². The summed E-state index contributed by atoms with van der Waals surface area (Å²) in [7, 11) is 1.68. The SMILES string of the molecule is CC(C)CCCN(C)C(=O)C(C(=O)O)C(C)C. The van der Waals surface area contributed by atoms with Crippen molar-refractivity contribution in [3.8, 4) is 0 Å². The van der Waals surface area contributed by atoms with Crippen molar-refractivity contribution in [2.45, 2.75) is 40.5 Å². The number of carbonyl (C=O) groups is 2. The number of hydrogen-bond donors (Lipinski definition) is 1. The van der Waals surface area contributed by atoms with Gasteiger partial charge in [0.15, 0.2) is 0 Å². The quantitative estimate of drug-likeness (QED) is 0.698. The van der Waals surface area contributed by atoms with Crippen molar-refractivity contribution in [1.82, 2.24) is 4.90 Å². The molecule has 0 aliphatic rings. The predicted octanol–water partition coefficient (Wildman–Crippen LogP) is 2.24. The van der Waals surface area contributed by atoms with Crippen LogP contribution in [0.15, 0.2) is 0 Å². The molecule has 1 unspecified atom stereocenters. The van der Waals surface area contributed by atoms with Gasteiger partial charge >= 0.3 is 5.97 Å². The smallest absolute Gasteiger partial charge is 0.316 e. The molecule has 0 radical (unpaired) electrons. The lowest BCUT2D eigenvalue weighted by atomic mass is 9.94. The van der Waals surface area contributed by atoms with Gasteiger partial charge in [-0.2, -0.15) is 0 Å². The summed E-state index contributed by atoms with van der Waals surface area (Å²) < 4.78 is 0. The summed E-state index contributed by atoms with van der Waals surface area (Å²) >= 11 is 0. The van der Waals surface area contributed by atoms with E-state index in [9.17, 15) is 9.59 Å². The first kappa shape index (κ1) is 15.9. The Morgan fingerprint density at radius 3 is 2.06 bits per heavy atom. The maximum atomic E-state index is 11.9. The summed E-state index contributed by atoms with van der Waals surface area (Å²) in [5.74, 6) is -1.79. The molecule has 0 aromatic heterocycles. The van der Waals surface area contributed by atoms with E-state index in [-0.39, 0.29) is 11.8 Å². The second-order valence-electron chi connectivity index (χ2n) is 5.36. The van der Waals surface area contributed by atoms with Crippen molar-refractivity contribution in [3.63, 3.8) is 0 Å². The normalized spacial score (nSPS) is 12.9. The molecule has 0 saturated heterocycles. The molecule has 0 saturated carbocycles. The van der Waals surface area contributed by atoms with Crippen LogP contribution in [0, 0.1) is 17.8 Å². The maximum Gasteiger partial charge on any atom is 0.316 e. The highest BCUT2D eigenvalue weighted by Gasteiger charge is 2.31. The van der Waals surface area contributed by atoms with E-state index in [1.807, 2.05) is 0 Å². The van der Waals surface area contributed by atoms with Gasteiger partial charge in [0.25, 0.3) is 0 Å². The minimum Gasteiger partial charge on any atom is -0.481 e. The van der Waals surface area contributed by atoms with Crippen LogP contribution in [0.2, 0.25) is 0 Å². The van der Waals surface area contributed by atoms with E-state index in [1.165, 1.54) is 0 Å². The number of hydrogen-bond acceptors (Lipinski definition) is 2. The van der Waals surface area contributed by atoms with Crippen molar-refractivity contribution < 1.29 is 14.7 Å². The van der Waals surface area contributed by atoms with Gasteiger partial charge in [0.2, 0.25) is 5.91 Å². The molecule has 1 atom stereocenters. The van der Waals surface area contributed by atoms with Crippen LogP contribution in [0.1, 0.15) is 40.5 Å². The molecular weight excluding hydrogens is 218 g/mol. The maximum absolute atomic E-state index is 11.9. The number of carboxylic acid groups (broad SMARTS) is 1. The third kappa shape index (κ3) is 5.71. The number of aliphatic carboxylic acids is 1. The van der Waals surface area contributed by atoms with Gasteiger partial charge in [-0.3, -0.25) is 9.59 Å². The molecule has 17 heavy (non-hydrogen) atoms. The fourth-order valence-corrected chi connectivity index (χ4v) is 1.76. The molecule has 0 rings (SSSR count). The largest absolute Gasteiger partial charge is 0.481 e. The van der Waals surface area contributed by atoms with Crippen molar-refractivity contribution in [3.05, 3.63) is 0 Å². The average Bonchev–Trinajstić information content (AvgIpc) is 2.15. The molecule has 4 nitrogen and oxygen atoms in total. The Balaban J connectivity index is 4.31. The van der Waals surface area contributed by atoms with Crippen LogP contribution in [0.4, 0.5) is 0 Å². The van der Waals surface area contributed by atoms with Crippen LogP contribution in [0.25, 0.3) is 0 Å². The van der Waals surface area contributed by atoms with Crippen LogP contribution in [0.5, 0.6) is 0 Å². The third-order valence-corrected chi connectivity index (χ3v) is 2.85. The summed E-state index contributed by atoms with van der Waals surface area (Å²) in [6.45, 7) is 8.43.